The highest BCUT2D eigenvalue weighted by atomic mass is 35.5. The van der Waals surface area contributed by atoms with Gasteiger partial charge in [0.25, 0.3) is 0 Å². The first-order chi connectivity index (χ1) is 20.5. The summed E-state index contributed by atoms with van der Waals surface area (Å²) in [7, 11) is -1.75. The van der Waals surface area contributed by atoms with Crippen LogP contribution in [0.3, 0.4) is 0 Å². The SMILES string of the molecule is CNCC(=O)N1CCC(c2c(C)cc(Nc3ncc(Cl)c(Nc4ccccc4S(=O)(=O)C(C)C)n3)c3c2CC(C)O3)CC1. The molecule has 230 valence electrons. The molecule has 1 unspecified atom stereocenters. The third kappa shape index (κ3) is 6.44. The maximum absolute atomic E-state index is 13.0. The lowest BCUT2D eigenvalue weighted by Gasteiger charge is -2.34. The molecule has 1 amide bonds. The molecule has 2 aliphatic rings. The predicted molar refractivity (Wildman–Crippen MR) is 170 cm³/mol. The zero-order valence-electron chi connectivity index (χ0n) is 25.2. The molecule has 0 saturated carbocycles. The van der Waals surface area contributed by atoms with E-state index in [1.54, 1.807) is 45.2 Å². The number of halogens is 1. The standard InChI is InChI=1S/C31H39ClN6O4S/c1-18(2)43(40,41)26-9-7-6-8-24(26)35-30-23(32)16-34-31(37-30)36-25-14-19(3)28(22-15-20(4)42-29(22)25)21-10-12-38(13-11-21)27(39)17-33-5/h6-9,14,16,18,20-21,33H,10-13,15,17H2,1-5H3,(H2,34,35,36,37). The largest absolute Gasteiger partial charge is 0.488 e. The minimum atomic E-state index is -3.54. The summed E-state index contributed by atoms with van der Waals surface area (Å²) < 4.78 is 32.2. The molecule has 0 bridgehead atoms. The molecular weight excluding hydrogens is 588 g/mol. The number of amides is 1. The molecule has 12 heteroatoms. The molecule has 5 rings (SSSR count). The topological polar surface area (TPSA) is 126 Å². The van der Waals surface area contributed by atoms with Crippen LogP contribution < -0.4 is 20.7 Å². The van der Waals surface area contributed by atoms with Gasteiger partial charge in [0.2, 0.25) is 11.9 Å². The summed E-state index contributed by atoms with van der Waals surface area (Å²) in [6, 6.07) is 8.77. The maximum Gasteiger partial charge on any atom is 0.236 e. The van der Waals surface area contributed by atoms with E-state index in [0.717, 1.165) is 49.4 Å². The molecule has 1 atom stereocenters. The number of nitrogens with zero attached hydrogens (tertiary/aromatic N) is 3. The highest BCUT2D eigenvalue weighted by Gasteiger charge is 2.33. The van der Waals surface area contributed by atoms with Crippen molar-refractivity contribution in [3.63, 3.8) is 0 Å². The number of fused-ring (bicyclic) bond motifs is 1. The first kappa shape index (κ1) is 31.0. The third-order valence-electron chi connectivity index (χ3n) is 8.08. The van der Waals surface area contributed by atoms with Crippen molar-refractivity contribution in [3.8, 4) is 5.75 Å². The Labute approximate surface area is 258 Å². The van der Waals surface area contributed by atoms with Gasteiger partial charge in [-0.15, -0.1) is 0 Å². The Morgan fingerprint density at radius 2 is 1.88 bits per heavy atom. The molecule has 0 radical (unpaired) electrons. The highest BCUT2D eigenvalue weighted by molar-refractivity contribution is 7.92. The van der Waals surface area contributed by atoms with Gasteiger partial charge >= 0.3 is 0 Å². The Kier molecular flexibility index (Phi) is 9.15. The second-order valence-corrected chi connectivity index (χ2v) is 14.4. The molecule has 10 nitrogen and oxygen atoms in total. The third-order valence-corrected chi connectivity index (χ3v) is 10.6. The smallest absolute Gasteiger partial charge is 0.236 e. The van der Waals surface area contributed by atoms with Crippen LogP contribution in [0.1, 0.15) is 56.2 Å². The van der Waals surface area contributed by atoms with E-state index in [1.165, 1.54) is 17.3 Å². The van der Waals surface area contributed by atoms with Gasteiger partial charge in [0.05, 0.1) is 34.3 Å². The van der Waals surface area contributed by atoms with Crippen LogP contribution in [-0.4, -0.2) is 67.2 Å². The van der Waals surface area contributed by atoms with Crippen molar-refractivity contribution in [2.45, 2.75) is 69.1 Å². The van der Waals surface area contributed by atoms with E-state index in [1.807, 2.05) is 4.90 Å². The molecular formula is C31H39ClN6O4S. The van der Waals surface area contributed by atoms with Gasteiger partial charge < -0.3 is 25.6 Å². The van der Waals surface area contributed by atoms with Crippen LogP contribution in [0.4, 0.5) is 23.1 Å². The highest BCUT2D eigenvalue weighted by Crippen LogP contribution is 2.46. The van der Waals surface area contributed by atoms with Gasteiger partial charge in [0, 0.05) is 25.1 Å². The number of piperidine rings is 1. The minimum absolute atomic E-state index is 0.0242. The molecule has 2 aliphatic heterocycles. The normalized spacial score (nSPS) is 17.1. The van der Waals surface area contributed by atoms with E-state index in [0.29, 0.717) is 24.1 Å². The number of aromatic nitrogens is 2. The van der Waals surface area contributed by atoms with Crippen LogP contribution in [0.2, 0.25) is 5.02 Å². The first-order valence-electron chi connectivity index (χ1n) is 14.6. The lowest BCUT2D eigenvalue weighted by molar-refractivity contribution is -0.131. The molecule has 1 saturated heterocycles. The molecule has 43 heavy (non-hydrogen) atoms. The summed E-state index contributed by atoms with van der Waals surface area (Å²) in [5, 5.41) is 9.05. The van der Waals surface area contributed by atoms with Crippen molar-refractivity contribution in [1.82, 2.24) is 20.2 Å². The van der Waals surface area contributed by atoms with Crippen molar-refractivity contribution in [3.05, 3.63) is 58.2 Å². The van der Waals surface area contributed by atoms with Gasteiger partial charge in [-0.3, -0.25) is 4.79 Å². The number of aryl methyl sites for hydroxylation is 1. The van der Waals surface area contributed by atoms with Gasteiger partial charge in [-0.1, -0.05) is 23.7 Å². The lowest BCUT2D eigenvalue weighted by Crippen LogP contribution is -2.42. The summed E-state index contributed by atoms with van der Waals surface area (Å²) in [6.45, 7) is 9.32. The van der Waals surface area contributed by atoms with Crippen molar-refractivity contribution in [2.75, 3.05) is 37.3 Å². The Balaban J connectivity index is 1.41. The Morgan fingerprint density at radius 3 is 2.58 bits per heavy atom. The minimum Gasteiger partial charge on any atom is -0.488 e. The molecule has 3 aromatic rings. The Morgan fingerprint density at radius 1 is 1.16 bits per heavy atom. The fourth-order valence-electron chi connectivity index (χ4n) is 5.93. The summed E-state index contributed by atoms with van der Waals surface area (Å²) in [5.74, 6) is 1.86. The number of carbonyl (C=O) groups is 1. The summed E-state index contributed by atoms with van der Waals surface area (Å²) in [4.78, 5) is 23.5. The van der Waals surface area contributed by atoms with Gasteiger partial charge in [0.1, 0.15) is 16.9 Å². The quantitative estimate of drug-likeness (QED) is 0.288. The summed E-state index contributed by atoms with van der Waals surface area (Å²) >= 11 is 6.45. The number of para-hydroxylation sites is 1. The number of likely N-dealkylation sites (N-methyl/N-ethyl adjacent to an activating group) is 1. The monoisotopic (exact) mass is 626 g/mol. The van der Waals surface area contributed by atoms with Crippen molar-refractivity contribution in [1.29, 1.82) is 0 Å². The van der Waals surface area contributed by atoms with Crippen LogP contribution in [0, 0.1) is 6.92 Å². The molecule has 0 spiro atoms. The van der Waals surface area contributed by atoms with Gasteiger partial charge in [-0.2, -0.15) is 4.98 Å². The molecule has 2 aromatic carbocycles. The zero-order valence-corrected chi connectivity index (χ0v) is 26.8. The molecule has 1 aromatic heterocycles. The van der Waals surface area contributed by atoms with Crippen molar-refractivity contribution >= 4 is 50.5 Å². The van der Waals surface area contributed by atoms with Crippen molar-refractivity contribution in [2.24, 2.45) is 0 Å². The van der Waals surface area contributed by atoms with E-state index in [-0.39, 0.29) is 27.7 Å². The van der Waals surface area contributed by atoms with Crippen LogP contribution >= 0.6 is 11.6 Å². The van der Waals surface area contributed by atoms with Crippen molar-refractivity contribution < 1.29 is 17.9 Å². The van der Waals surface area contributed by atoms with E-state index in [9.17, 15) is 13.2 Å². The van der Waals surface area contributed by atoms with E-state index < -0.39 is 15.1 Å². The number of carbonyl (C=O) groups excluding carboxylic acids is 1. The first-order valence-corrected chi connectivity index (χ1v) is 16.6. The number of sulfone groups is 1. The number of likely N-dealkylation sites (tertiary alicyclic amines) is 1. The number of nitrogens with one attached hydrogen (secondary N) is 3. The van der Waals surface area contributed by atoms with Gasteiger partial charge in [0.15, 0.2) is 15.7 Å². The van der Waals surface area contributed by atoms with Gasteiger partial charge in [-0.25, -0.2) is 13.4 Å². The second kappa shape index (κ2) is 12.7. The van der Waals surface area contributed by atoms with Crippen LogP contribution in [0.15, 0.2) is 41.4 Å². The summed E-state index contributed by atoms with van der Waals surface area (Å²) in [6.07, 6.45) is 4.12. The van der Waals surface area contributed by atoms with Crippen LogP contribution in [-0.2, 0) is 21.1 Å². The average Bonchev–Trinajstić information content (AvgIpc) is 3.36. The number of hydrogen-bond acceptors (Lipinski definition) is 9. The summed E-state index contributed by atoms with van der Waals surface area (Å²) in [5.41, 5.74) is 4.81. The predicted octanol–water partition coefficient (Wildman–Crippen LogP) is 5.36. The Bertz CT molecular complexity index is 1620. The fraction of sp³-hybridized carbons (Fsp3) is 0.452. The molecule has 1 fully saturated rings. The Hall–Kier alpha value is -3.41. The van der Waals surface area contributed by atoms with E-state index in [2.05, 4.69) is 45.8 Å². The lowest BCUT2D eigenvalue weighted by atomic mass is 9.82. The number of benzene rings is 2. The molecule has 0 aliphatic carbocycles. The number of rotatable bonds is 9. The number of ether oxygens (including phenoxy) is 1. The van der Waals surface area contributed by atoms with Crippen LogP contribution in [0.25, 0.3) is 0 Å². The zero-order chi connectivity index (χ0) is 30.9. The molecule has 3 heterocycles. The van der Waals surface area contributed by atoms with Crippen LogP contribution in [0.5, 0.6) is 5.75 Å². The maximum atomic E-state index is 13.0. The van der Waals surface area contributed by atoms with E-state index in [4.69, 9.17) is 16.3 Å². The average molecular weight is 627 g/mol. The fourth-order valence-corrected chi connectivity index (χ4v) is 7.27. The number of anilines is 4. The molecule has 3 N–H and O–H groups in total. The van der Waals surface area contributed by atoms with Gasteiger partial charge in [-0.05, 0) is 82.8 Å². The number of hydrogen-bond donors (Lipinski definition) is 3. The second-order valence-electron chi connectivity index (χ2n) is 11.5. The van der Waals surface area contributed by atoms with E-state index >= 15 is 0 Å².